The number of aromatic nitrogens is 2. The molecule has 140 valence electrons. The summed E-state index contributed by atoms with van der Waals surface area (Å²) in [6, 6.07) is 14.4. The van der Waals surface area contributed by atoms with Gasteiger partial charge in [0.25, 0.3) is 11.5 Å². The third-order valence-corrected chi connectivity index (χ3v) is 4.60. The van der Waals surface area contributed by atoms with E-state index in [-0.39, 0.29) is 11.5 Å². The molecule has 0 aliphatic carbocycles. The van der Waals surface area contributed by atoms with Crippen LogP contribution in [-0.4, -0.2) is 15.9 Å². The lowest BCUT2D eigenvalue weighted by Crippen LogP contribution is -2.12. The van der Waals surface area contributed by atoms with Gasteiger partial charge in [0.1, 0.15) is 11.4 Å². The first-order chi connectivity index (χ1) is 13.4. The SMILES string of the molecule is Cc1ccc2oc(C(=O)Nc3ccc(-c4cc(=O)[nH]c(C)n4)cc3)c(C)c2c1. The number of H-pyrrole nitrogens is 1. The fraction of sp³-hybridized carbons (Fsp3) is 0.136. The van der Waals surface area contributed by atoms with E-state index in [4.69, 9.17) is 4.42 Å². The molecule has 0 saturated carbocycles. The van der Waals surface area contributed by atoms with Gasteiger partial charge in [-0.15, -0.1) is 0 Å². The van der Waals surface area contributed by atoms with E-state index in [0.29, 0.717) is 28.5 Å². The van der Waals surface area contributed by atoms with Gasteiger partial charge in [-0.05, 0) is 45.0 Å². The number of hydrogen-bond donors (Lipinski definition) is 2. The van der Waals surface area contributed by atoms with E-state index in [1.807, 2.05) is 44.2 Å². The second-order valence-electron chi connectivity index (χ2n) is 6.80. The number of aryl methyl sites for hydroxylation is 3. The Morgan fingerprint density at radius 2 is 1.79 bits per heavy atom. The molecule has 4 aromatic rings. The van der Waals surface area contributed by atoms with Gasteiger partial charge in [-0.25, -0.2) is 4.98 Å². The van der Waals surface area contributed by atoms with E-state index in [1.165, 1.54) is 6.07 Å². The largest absolute Gasteiger partial charge is 0.451 e. The summed E-state index contributed by atoms with van der Waals surface area (Å²) >= 11 is 0. The van der Waals surface area contributed by atoms with Crippen LogP contribution in [-0.2, 0) is 0 Å². The van der Waals surface area contributed by atoms with Crippen molar-refractivity contribution in [3.05, 3.63) is 81.6 Å². The van der Waals surface area contributed by atoms with Crippen molar-refractivity contribution in [2.45, 2.75) is 20.8 Å². The highest BCUT2D eigenvalue weighted by Crippen LogP contribution is 2.27. The summed E-state index contributed by atoms with van der Waals surface area (Å²) in [7, 11) is 0. The van der Waals surface area contributed by atoms with Gasteiger partial charge in [0.05, 0.1) is 5.69 Å². The van der Waals surface area contributed by atoms with Crippen molar-refractivity contribution in [2.75, 3.05) is 5.32 Å². The molecule has 2 heterocycles. The summed E-state index contributed by atoms with van der Waals surface area (Å²) in [5, 5.41) is 3.80. The number of carbonyl (C=O) groups excluding carboxylic acids is 1. The molecule has 0 spiro atoms. The number of carbonyl (C=O) groups is 1. The summed E-state index contributed by atoms with van der Waals surface area (Å²) in [4.78, 5) is 31.2. The molecular weight excluding hydrogens is 354 g/mol. The molecule has 0 fully saturated rings. The molecule has 6 nitrogen and oxygen atoms in total. The number of amides is 1. The van der Waals surface area contributed by atoms with Crippen LogP contribution >= 0.6 is 0 Å². The summed E-state index contributed by atoms with van der Waals surface area (Å²) in [6.45, 7) is 5.62. The van der Waals surface area contributed by atoms with Crippen molar-refractivity contribution in [3.8, 4) is 11.3 Å². The zero-order chi connectivity index (χ0) is 19.8. The molecule has 28 heavy (non-hydrogen) atoms. The summed E-state index contributed by atoms with van der Waals surface area (Å²) in [5.41, 5.74) is 4.44. The zero-order valence-electron chi connectivity index (χ0n) is 15.8. The second kappa shape index (κ2) is 6.81. The Balaban J connectivity index is 1.58. The van der Waals surface area contributed by atoms with Crippen LogP contribution in [0.1, 0.15) is 27.5 Å². The highest BCUT2D eigenvalue weighted by Gasteiger charge is 2.18. The van der Waals surface area contributed by atoms with Crippen LogP contribution in [0.2, 0.25) is 0 Å². The van der Waals surface area contributed by atoms with E-state index >= 15 is 0 Å². The number of fused-ring (bicyclic) bond motifs is 1. The van der Waals surface area contributed by atoms with Crippen LogP contribution in [0.4, 0.5) is 5.69 Å². The number of anilines is 1. The lowest BCUT2D eigenvalue weighted by Gasteiger charge is -2.06. The van der Waals surface area contributed by atoms with E-state index in [1.54, 1.807) is 19.1 Å². The first kappa shape index (κ1) is 17.7. The van der Waals surface area contributed by atoms with Crippen molar-refractivity contribution in [3.63, 3.8) is 0 Å². The highest BCUT2D eigenvalue weighted by atomic mass is 16.3. The first-order valence-corrected chi connectivity index (χ1v) is 8.90. The number of hydrogen-bond acceptors (Lipinski definition) is 4. The predicted octanol–water partition coefficient (Wildman–Crippen LogP) is 4.36. The van der Waals surface area contributed by atoms with Gasteiger partial charge >= 0.3 is 0 Å². The van der Waals surface area contributed by atoms with E-state index < -0.39 is 0 Å². The normalized spacial score (nSPS) is 11.0. The van der Waals surface area contributed by atoms with Gasteiger partial charge in [-0.3, -0.25) is 9.59 Å². The van der Waals surface area contributed by atoms with Crippen LogP contribution in [0.25, 0.3) is 22.2 Å². The molecular formula is C22H19N3O3. The minimum Gasteiger partial charge on any atom is -0.451 e. The lowest BCUT2D eigenvalue weighted by molar-refractivity contribution is 0.0998. The number of aromatic amines is 1. The molecule has 2 aromatic heterocycles. The maximum Gasteiger partial charge on any atom is 0.291 e. The van der Waals surface area contributed by atoms with Crippen LogP contribution in [0.15, 0.2) is 57.7 Å². The number of benzene rings is 2. The van der Waals surface area contributed by atoms with Crippen molar-refractivity contribution in [1.82, 2.24) is 9.97 Å². The molecule has 0 unspecified atom stereocenters. The monoisotopic (exact) mass is 373 g/mol. The summed E-state index contributed by atoms with van der Waals surface area (Å²) < 4.78 is 5.75. The van der Waals surface area contributed by atoms with Crippen molar-refractivity contribution in [2.24, 2.45) is 0 Å². The van der Waals surface area contributed by atoms with Crippen LogP contribution in [0.3, 0.4) is 0 Å². The molecule has 2 N–H and O–H groups in total. The van der Waals surface area contributed by atoms with Crippen LogP contribution in [0, 0.1) is 20.8 Å². The number of rotatable bonds is 3. The molecule has 0 aliphatic rings. The van der Waals surface area contributed by atoms with E-state index in [2.05, 4.69) is 15.3 Å². The average Bonchev–Trinajstić information content (AvgIpc) is 2.98. The van der Waals surface area contributed by atoms with Gasteiger partial charge in [0.15, 0.2) is 5.76 Å². The molecule has 0 saturated heterocycles. The Bertz CT molecular complexity index is 1250. The minimum absolute atomic E-state index is 0.199. The standard InChI is InChI=1S/C22H19N3O3/c1-12-4-9-19-17(10-12)13(2)21(28-19)22(27)25-16-7-5-15(6-8-16)18-11-20(26)24-14(3)23-18/h4-11H,1-3H3,(H,25,27)(H,23,24,26). The van der Waals surface area contributed by atoms with Crippen molar-refractivity contribution in [1.29, 1.82) is 0 Å². The van der Waals surface area contributed by atoms with Crippen LogP contribution in [0.5, 0.6) is 0 Å². The molecule has 2 aromatic carbocycles. The third-order valence-electron chi connectivity index (χ3n) is 4.60. The van der Waals surface area contributed by atoms with Crippen molar-refractivity contribution >= 4 is 22.6 Å². The first-order valence-electron chi connectivity index (χ1n) is 8.90. The lowest BCUT2D eigenvalue weighted by atomic mass is 10.1. The minimum atomic E-state index is -0.302. The molecule has 6 heteroatoms. The van der Waals surface area contributed by atoms with Gasteiger partial charge in [-0.2, -0.15) is 0 Å². The van der Waals surface area contributed by atoms with Gasteiger partial charge in [-0.1, -0.05) is 23.8 Å². The highest BCUT2D eigenvalue weighted by molar-refractivity contribution is 6.06. The Labute approximate surface area is 161 Å². The number of nitrogens with one attached hydrogen (secondary N) is 2. The Morgan fingerprint density at radius 3 is 2.50 bits per heavy atom. The molecule has 0 radical (unpaired) electrons. The molecule has 0 atom stereocenters. The van der Waals surface area contributed by atoms with Crippen molar-refractivity contribution < 1.29 is 9.21 Å². The Kier molecular flexibility index (Phi) is 4.31. The molecule has 0 bridgehead atoms. The summed E-state index contributed by atoms with van der Waals surface area (Å²) in [5.74, 6) is 0.552. The van der Waals surface area contributed by atoms with Crippen LogP contribution < -0.4 is 10.9 Å². The number of nitrogens with zero attached hydrogens (tertiary/aromatic N) is 1. The smallest absolute Gasteiger partial charge is 0.291 e. The maximum absolute atomic E-state index is 12.7. The fourth-order valence-electron chi connectivity index (χ4n) is 3.19. The van der Waals surface area contributed by atoms with Gasteiger partial charge in [0, 0.05) is 28.3 Å². The topological polar surface area (TPSA) is 88.0 Å². The zero-order valence-corrected chi connectivity index (χ0v) is 15.8. The third kappa shape index (κ3) is 3.32. The predicted molar refractivity (Wildman–Crippen MR) is 109 cm³/mol. The Hall–Kier alpha value is -3.67. The molecule has 0 aliphatic heterocycles. The second-order valence-corrected chi connectivity index (χ2v) is 6.80. The average molecular weight is 373 g/mol. The maximum atomic E-state index is 12.7. The number of furan rings is 1. The fourth-order valence-corrected chi connectivity index (χ4v) is 3.19. The summed E-state index contributed by atoms with van der Waals surface area (Å²) in [6.07, 6.45) is 0. The Morgan fingerprint density at radius 1 is 1.04 bits per heavy atom. The molecule has 4 rings (SSSR count). The van der Waals surface area contributed by atoms with Gasteiger partial charge in [0.2, 0.25) is 0 Å². The van der Waals surface area contributed by atoms with Gasteiger partial charge < -0.3 is 14.7 Å². The quantitative estimate of drug-likeness (QED) is 0.558. The van der Waals surface area contributed by atoms with E-state index in [9.17, 15) is 9.59 Å². The molecule has 1 amide bonds. The van der Waals surface area contributed by atoms with E-state index in [0.717, 1.165) is 22.1 Å².